The summed E-state index contributed by atoms with van der Waals surface area (Å²) in [5, 5.41) is 0.732. The van der Waals surface area contributed by atoms with Gasteiger partial charge in [-0.05, 0) is 24.5 Å². The maximum atomic E-state index is 14.0. The number of halogens is 1. The molecule has 1 aliphatic heterocycles. The number of nitrogens with one attached hydrogen (secondary N) is 1. The third kappa shape index (κ3) is 4.49. The van der Waals surface area contributed by atoms with Crippen LogP contribution in [0.5, 0.6) is 5.75 Å². The number of hydrogen-bond donors (Lipinski definition) is 1. The van der Waals surface area contributed by atoms with Crippen LogP contribution in [-0.4, -0.2) is 42.7 Å². The van der Waals surface area contributed by atoms with Gasteiger partial charge in [0, 0.05) is 49.5 Å². The number of rotatable bonds is 7. The first-order valence-electron chi connectivity index (χ1n) is 10.4. The number of carbonyl (C=O) groups is 1. The van der Waals surface area contributed by atoms with Crippen molar-refractivity contribution in [2.75, 3.05) is 31.7 Å². The Bertz CT molecular complexity index is 1100. The number of nitrogens with zero attached hydrogens (tertiary/aromatic N) is 2. The van der Waals surface area contributed by atoms with Gasteiger partial charge in [0.15, 0.2) is 16.7 Å². The number of carbonyl (C=O) groups excluding carboxylic acids is 1. The summed E-state index contributed by atoms with van der Waals surface area (Å²) < 4.78 is 24.4. The number of aromatic nitrogens is 2. The molecule has 2 aromatic carbocycles. The minimum absolute atomic E-state index is 0.185. The summed E-state index contributed by atoms with van der Waals surface area (Å²) >= 11 is 1.58. The molecule has 1 N–H and O–H groups in total. The van der Waals surface area contributed by atoms with Gasteiger partial charge in [-0.1, -0.05) is 30.0 Å². The lowest BCUT2D eigenvalue weighted by Crippen LogP contribution is -2.33. The number of anilines is 1. The second-order valence-electron chi connectivity index (χ2n) is 7.56. The number of esters is 1. The molecule has 3 aromatic rings. The zero-order valence-corrected chi connectivity index (χ0v) is 18.7. The summed E-state index contributed by atoms with van der Waals surface area (Å²) in [5.74, 6) is 0.451. The fourth-order valence-electron chi connectivity index (χ4n) is 4.09. The summed E-state index contributed by atoms with van der Waals surface area (Å²) in [6.45, 7) is 5.86. The van der Waals surface area contributed by atoms with E-state index in [1.165, 1.54) is 36.9 Å². The van der Waals surface area contributed by atoms with Crippen LogP contribution in [0.15, 0.2) is 35.5 Å². The van der Waals surface area contributed by atoms with Crippen LogP contribution in [0, 0.1) is 5.82 Å². The monoisotopic (exact) mass is 443 g/mol. The Labute approximate surface area is 185 Å². The van der Waals surface area contributed by atoms with E-state index in [0.29, 0.717) is 17.6 Å². The van der Waals surface area contributed by atoms with Crippen LogP contribution >= 0.6 is 11.8 Å². The molecule has 0 saturated heterocycles. The highest BCUT2D eigenvalue weighted by atomic mass is 32.2. The van der Waals surface area contributed by atoms with Crippen LogP contribution in [0.3, 0.4) is 0 Å². The minimum atomic E-state index is -0.412. The molecule has 0 aliphatic carbocycles. The first-order chi connectivity index (χ1) is 15.0. The fraction of sp³-hybridized carbons (Fsp3) is 0.391. The molecule has 0 amide bonds. The number of fused-ring (bicyclic) bond motifs is 2. The predicted molar refractivity (Wildman–Crippen MR) is 120 cm³/mol. The molecule has 4 rings (SSSR count). The predicted octanol–water partition coefficient (Wildman–Crippen LogP) is 4.88. The molecule has 164 valence electrons. The number of imidazole rings is 1. The van der Waals surface area contributed by atoms with Crippen molar-refractivity contribution in [2.24, 2.45) is 0 Å². The van der Waals surface area contributed by atoms with Gasteiger partial charge in [-0.3, -0.25) is 4.79 Å². The Balaban J connectivity index is 1.58. The lowest BCUT2D eigenvalue weighted by Gasteiger charge is -2.36. The summed E-state index contributed by atoms with van der Waals surface area (Å²) in [6.07, 6.45) is 0.960. The summed E-state index contributed by atoms with van der Waals surface area (Å²) in [4.78, 5) is 21.5. The summed E-state index contributed by atoms with van der Waals surface area (Å²) in [5.41, 5.74) is 4.98. The highest BCUT2D eigenvalue weighted by Gasteiger charge is 2.27. The zero-order chi connectivity index (χ0) is 22.0. The smallest absolute Gasteiger partial charge is 0.302 e. The van der Waals surface area contributed by atoms with E-state index >= 15 is 0 Å². The first kappa shape index (κ1) is 21.5. The van der Waals surface area contributed by atoms with Crippen molar-refractivity contribution in [3.05, 3.63) is 47.3 Å². The summed E-state index contributed by atoms with van der Waals surface area (Å²) in [7, 11) is 1.44. The highest BCUT2D eigenvalue weighted by Crippen LogP contribution is 2.40. The van der Waals surface area contributed by atoms with E-state index in [9.17, 15) is 9.18 Å². The molecular formula is C23H26FN3O3S. The third-order valence-corrected chi connectivity index (χ3v) is 6.54. The molecule has 0 fully saturated rings. The Hall–Kier alpha value is -2.74. The van der Waals surface area contributed by atoms with E-state index in [1.54, 1.807) is 17.8 Å². The SMILES string of the molecule is CCN1CCC(COC(C)=O)c2cccc(CSc3nc4cc(OC)c(F)cc4[nH]3)c21. The number of thioether (sulfide) groups is 1. The van der Waals surface area contributed by atoms with Gasteiger partial charge in [-0.15, -0.1) is 0 Å². The molecule has 0 spiro atoms. The van der Waals surface area contributed by atoms with Crippen LogP contribution in [-0.2, 0) is 15.3 Å². The molecule has 1 unspecified atom stereocenters. The average molecular weight is 444 g/mol. The van der Waals surface area contributed by atoms with Gasteiger partial charge in [0.05, 0.1) is 24.8 Å². The van der Waals surface area contributed by atoms with E-state index in [0.717, 1.165) is 30.4 Å². The van der Waals surface area contributed by atoms with Gasteiger partial charge in [-0.2, -0.15) is 0 Å². The van der Waals surface area contributed by atoms with Gasteiger partial charge in [0.25, 0.3) is 0 Å². The molecule has 0 radical (unpaired) electrons. The zero-order valence-electron chi connectivity index (χ0n) is 17.9. The maximum absolute atomic E-state index is 14.0. The van der Waals surface area contributed by atoms with Crippen LogP contribution in [0.1, 0.15) is 37.3 Å². The molecule has 1 atom stereocenters. The normalized spacial score (nSPS) is 15.7. The fourth-order valence-corrected chi connectivity index (χ4v) is 4.96. The van der Waals surface area contributed by atoms with Gasteiger partial charge >= 0.3 is 5.97 Å². The largest absolute Gasteiger partial charge is 0.494 e. The first-order valence-corrected chi connectivity index (χ1v) is 11.3. The van der Waals surface area contributed by atoms with Gasteiger partial charge in [-0.25, -0.2) is 9.37 Å². The minimum Gasteiger partial charge on any atom is -0.494 e. The van der Waals surface area contributed by atoms with Crippen molar-refractivity contribution < 1.29 is 18.7 Å². The van der Waals surface area contributed by atoms with Crippen molar-refractivity contribution in [1.82, 2.24) is 9.97 Å². The summed E-state index contributed by atoms with van der Waals surface area (Å²) in [6, 6.07) is 9.35. The second kappa shape index (κ2) is 9.18. The number of benzene rings is 2. The Morgan fingerprint density at radius 1 is 1.39 bits per heavy atom. The number of hydrogen-bond acceptors (Lipinski definition) is 6. The number of H-pyrrole nitrogens is 1. The standard InChI is InChI=1S/C23H26FN3O3S/c1-4-27-9-8-15(12-30-14(2)28)17-7-5-6-16(22(17)27)13-31-23-25-19-10-18(24)21(29-3)11-20(19)26-23/h5-7,10-11,15H,4,8-9,12-13H2,1-3H3,(H,25,26). The van der Waals surface area contributed by atoms with E-state index in [2.05, 4.69) is 40.0 Å². The lowest BCUT2D eigenvalue weighted by molar-refractivity contribution is -0.141. The molecule has 8 heteroatoms. The molecular weight excluding hydrogens is 417 g/mol. The lowest BCUT2D eigenvalue weighted by atomic mass is 9.88. The topological polar surface area (TPSA) is 67.4 Å². The molecule has 0 bridgehead atoms. The van der Waals surface area contributed by atoms with E-state index in [1.807, 2.05) is 0 Å². The Kier molecular flexibility index (Phi) is 6.36. The van der Waals surface area contributed by atoms with E-state index in [-0.39, 0.29) is 17.6 Å². The Morgan fingerprint density at radius 3 is 2.97 bits per heavy atom. The third-order valence-electron chi connectivity index (χ3n) is 5.62. The molecule has 1 aliphatic rings. The van der Waals surface area contributed by atoms with Gasteiger partial charge < -0.3 is 19.4 Å². The molecule has 31 heavy (non-hydrogen) atoms. The maximum Gasteiger partial charge on any atom is 0.302 e. The van der Waals surface area contributed by atoms with Crippen molar-refractivity contribution in [2.45, 2.75) is 37.1 Å². The van der Waals surface area contributed by atoms with Gasteiger partial charge in [0.1, 0.15) is 0 Å². The Morgan fingerprint density at radius 2 is 2.23 bits per heavy atom. The van der Waals surface area contributed by atoms with Crippen molar-refractivity contribution in [3.63, 3.8) is 0 Å². The number of ether oxygens (including phenoxy) is 2. The highest BCUT2D eigenvalue weighted by molar-refractivity contribution is 7.98. The molecule has 0 saturated carbocycles. The van der Waals surface area contributed by atoms with Crippen molar-refractivity contribution >= 4 is 34.5 Å². The van der Waals surface area contributed by atoms with Crippen LogP contribution < -0.4 is 9.64 Å². The quantitative estimate of drug-likeness (QED) is 0.415. The van der Waals surface area contributed by atoms with Crippen LogP contribution in [0.2, 0.25) is 0 Å². The average Bonchev–Trinajstić information content (AvgIpc) is 3.16. The van der Waals surface area contributed by atoms with Crippen molar-refractivity contribution in [3.8, 4) is 5.75 Å². The van der Waals surface area contributed by atoms with Crippen LogP contribution in [0.25, 0.3) is 11.0 Å². The second-order valence-corrected chi connectivity index (χ2v) is 8.52. The van der Waals surface area contributed by atoms with E-state index in [4.69, 9.17) is 9.47 Å². The molecule has 1 aromatic heterocycles. The number of methoxy groups -OCH3 is 1. The number of aromatic amines is 1. The van der Waals surface area contributed by atoms with Crippen molar-refractivity contribution in [1.29, 1.82) is 0 Å². The number of para-hydroxylation sites is 1. The molecule has 2 heterocycles. The van der Waals surface area contributed by atoms with Crippen LogP contribution in [0.4, 0.5) is 10.1 Å². The van der Waals surface area contributed by atoms with E-state index < -0.39 is 5.82 Å². The molecule has 6 nitrogen and oxygen atoms in total. The van der Waals surface area contributed by atoms with Gasteiger partial charge in [0.2, 0.25) is 0 Å².